The number of benzene rings is 1. The van der Waals surface area contributed by atoms with Gasteiger partial charge in [0.1, 0.15) is 5.75 Å². The summed E-state index contributed by atoms with van der Waals surface area (Å²) in [5, 5.41) is 2.09. The molecule has 0 radical (unpaired) electrons. The van der Waals surface area contributed by atoms with Crippen LogP contribution in [-0.2, 0) is 11.0 Å². The number of anilines is 1. The second kappa shape index (κ2) is 4.90. The summed E-state index contributed by atoms with van der Waals surface area (Å²) in [6.07, 6.45) is -3.68. The van der Waals surface area contributed by atoms with Crippen LogP contribution in [0.15, 0.2) is 30.9 Å². The van der Waals surface area contributed by atoms with E-state index in [0.717, 1.165) is 18.2 Å². The third-order valence-electron chi connectivity index (χ3n) is 1.98. The molecule has 0 aliphatic rings. The second-order valence-electron chi connectivity index (χ2n) is 3.10. The number of halogens is 3. The Morgan fingerprint density at radius 1 is 1.47 bits per heavy atom. The van der Waals surface area contributed by atoms with Crippen LogP contribution in [0.5, 0.6) is 5.75 Å². The van der Waals surface area contributed by atoms with Gasteiger partial charge >= 0.3 is 6.18 Å². The fraction of sp³-hybridized carbons (Fsp3) is 0.182. The summed E-state index contributed by atoms with van der Waals surface area (Å²) in [5.41, 5.74) is -1.30. The summed E-state index contributed by atoms with van der Waals surface area (Å²) in [6.45, 7) is 3.16. The van der Waals surface area contributed by atoms with Gasteiger partial charge in [0, 0.05) is 0 Å². The zero-order valence-electron chi connectivity index (χ0n) is 8.97. The van der Waals surface area contributed by atoms with Gasteiger partial charge in [0.05, 0.1) is 18.4 Å². The van der Waals surface area contributed by atoms with E-state index in [-0.39, 0.29) is 11.4 Å². The molecule has 6 heteroatoms. The fourth-order valence-corrected chi connectivity index (χ4v) is 1.18. The average Bonchev–Trinajstić information content (AvgIpc) is 2.28. The number of alkyl halides is 3. The first-order valence-corrected chi connectivity index (χ1v) is 4.57. The summed E-state index contributed by atoms with van der Waals surface area (Å²) in [6, 6.07) is 3.27. The van der Waals surface area contributed by atoms with Gasteiger partial charge in [0.2, 0.25) is 5.91 Å². The van der Waals surface area contributed by atoms with E-state index in [9.17, 15) is 18.0 Å². The lowest BCUT2D eigenvalue weighted by molar-refractivity contribution is -0.137. The molecule has 17 heavy (non-hydrogen) atoms. The zero-order chi connectivity index (χ0) is 13.1. The highest BCUT2D eigenvalue weighted by Crippen LogP contribution is 2.37. The molecule has 0 aliphatic carbocycles. The van der Waals surface area contributed by atoms with Crippen LogP contribution in [0.25, 0.3) is 0 Å². The first-order valence-electron chi connectivity index (χ1n) is 4.57. The molecule has 3 nitrogen and oxygen atoms in total. The smallest absolute Gasteiger partial charge is 0.418 e. The Kier molecular flexibility index (Phi) is 3.77. The Balaban J connectivity index is 3.20. The van der Waals surface area contributed by atoms with Crippen LogP contribution in [0.4, 0.5) is 18.9 Å². The Labute approximate surface area is 95.9 Å². The van der Waals surface area contributed by atoms with Crippen LogP contribution >= 0.6 is 0 Å². The van der Waals surface area contributed by atoms with Gasteiger partial charge in [-0.05, 0) is 24.3 Å². The Morgan fingerprint density at radius 2 is 2.12 bits per heavy atom. The predicted molar refractivity (Wildman–Crippen MR) is 56.8 cm³/mol. The zero-order valence-corrected chi connectivity index (χ0v) is 8.97. The maximum absolute atomic E-state index is 12.7. The number of nitrogens with one attached hydrogen (secondary N) is 1. The quantitative estimate of drug-likeness (QED) is 0.831. The highest BCUT2D eigenvalue weighted by atomic mass is 19.4. The van der Waals surface area contributed by atoms with Gasteiger partial charge in [-0.1, -0.05) is 6.58 Å². The third-order valence-corrected chi connectivity index (χ3v) is 1.98. The van der Waals surface area contributed by atoms with E-state index in [2.05, 4.69) is 11.9 Å². The van der Waals surface area contributed by atoms with Gasteiger partial charge in [0.25, 0.3) is 0 Å². The number of hydrogen-bond acceptors (Lipinski definition) is 2. The van der Waals surface area contributed by atoms with Crippen LogP contribution in [0.2, 0.25) is 0 Å². The summed E-state index contributed by atoms with van der Waals surface area (Å²) in [4.78, 5) is 11.0. The van der Waals surface area contributed by atoms with Crippen LogP contribution in [0.1, 0.15) is 5.56 Å². The minimum atomic E-state index is -4.57. The van der Waals surface area contributed by atoms with Crippen LogP contribution in [0, 0.1) is 0 Å². The number of hydrogen-bond donors (Lipinski definition) is 1. The molecule has 0 unspecified atom stereocenters. The molecule has 1 rings (SSSR count). The highest BCUT2D eigenvalue weighted by Gasteiger charge is 2.34. The van der Waals surface area contributed by atoms with Crippen molar-refractivity contribution in [1.29, 1.82) is 0 Å². The van der Waals surface area contributed by atoms with Crippen LogP contribution in [-0.4, -0.2) is 13.0 Å². The number of carbonyl (C=O) groups is 1. The Morgan fingerprint density at radius 3 is 2.59 bits per heavy atom. The van der Waals surface area contributed by atoms with E-state index in [1.165, 1.54) is 13.2 Å². The molecule has 0 heterocycles. The lowest BCUT2D eigenvalue weighted by Crippen LogP contribution is -2.14. The SMILES string of the molecule is C=CC(=O)Nc1ccc(OC)cc1C(F)(F)F. The van der Waals surface area contributed by atoms with Crippen molar-refractivity contribution in [3.8, 4) is 5.75 Å². The van der Waals surface area contributed by atoms with Crippen molar-refractivity contribution in [2.75, 3.05) is 12.4 Å². The number of rotatable bonds is 3. The maximum Gasteiger partial charge on any atom is 0.418 e. The molecule has 0 spiro atoms. The standard InChI is InChI=1S/C11H10F3NO2/c1-3-10(16)15-9-5-4-7(17-2)6-8(9)11(12,13)14/h3-6H,1H2,2H3,(H,15,16). The predicted octanol–water partition coefficient (Wildman–Crippen LogP) is 2.84. The molecule has 1 amide bonds. The molecular formula is C11H10F3NO2. The first kappa shape index (κ1) is 13.1. The summed E-state index contributed by atoms with van der Waals surface area (Å²) < 4.78 is 42.8. The van der Waals surface area contributed by atoms with Gasteiger partial charge in [-0.15, -0.1) is 0 Å². The van der Waals surface area contributed by atoms with E-state index in [4.69, 9.17) is 4.74 Å². The van der Waals surface area contributed by atoms with Gasteiger partial charge in [-0.2, -0.15) is 13.2 Å². The highest BCUT2D eigenvalue weighted by molar-refractivity contribution is 5.99. The molecule has 0 fully saturated rings. The Bertz CT molecular complexity index is 441. The monoisotopic (exact) mass is 245 g/mol. The van der Waals surface area contributed by atoms with Crippen molar-refractivity contribution in [3.63, 3.8) is 0 Å². The topological polar surface area (TPSA) is 38.3 Å². The molecule has 0 atom stereocenters. The largest absolute Gasteiger partial charge is 0.497 e. The van der Waals surface area contributed by atoms with Crippen molar-refractivity contribution in [1.82, 2.24) is 0 Å². The van der Waals surface area contributed by atoms with Crippen molar-refractivity contribution in [2.24, 2.45) is 0 Å². The fourth-order valence-electron chi connectivity index (χ4n) is 1.18. The maximum atomic E-state index is 12.7. The lowest BCUT2D eigenvalue weighted by Gasteiger charge is -2.14. The van der Waals surface area contributed by atoms with E-state index in [1.54, 1.807) is 0 Å². The van der Waals surface area contributed by atoms with E-state index in [1.807, 2.05) is 0 Å². The van der Waals surface area contributed by atoms with Crippen molar-refractivity contribution in [2.45, 2.75) is 6.18 Å². The lowest BCUT2D eigenvalue weighted by atomic mass is 10.1. The van der Waals surface area contributed by atoms with Gasteiger partial charge < -0.3 is 10.1 Å². The van der Waals surface area contributed by atoms with Crippen molar-refractivity contribution >= 4 is 11.6 Å². The summed E-state index contributed by atoms with van der Waals surface area (Å²) in [5.74, 6) is -0.644. The van der Waals surface area contributed by atoms with E-state index < -0.39 is 17.6 Å². The normalized spacial score (nSPS) is 10.8. The minimum Gasteiger partial charge on any atom is -0.497 e. The third kappa shape index (κ3) is 3.24. The molecule has 0 saturated heterocycles. The average molecular weight is 245 g/mol. The molecule has 0 saturated carbocycles. The van der Waals surface area contributed by atoms with Gasteiger partial charge in [-0.25, -0.2) is 0 Å². The van der Waals surface area contributed by atoms with E-state index >= 15 is 0 Å². The van der Waals surface area contributed by atoms with Crippen molar-refractivity contribution in [3.05, 3.63) is 36.4 Å². The minimum absolute atomic E-state index is 0.0638. The molecule has 0 aliphatic heterocycles. The number of carbonyl (C=O) groups excluding carboxylic acids is 1. The van der Waals surface area contributed by atoms with Gasteiger partial charge in [-0.3, -0.25) is 4.79 Å². The molecule has 92 valence electrons. The molecular weight excluding hydrogens is 235 g/mol. The molecule has 0 aromatic heterocycles. The first-order chi connectivity index (χ1) is 7.88. The Hall–Kier alpha value is -1.98. The summed E-state index contributed by atoms with van der Waals surface area (Å²) >= 11 is 0. The molecule has 1 aromatic carbocycles. The van der Waals surface area contributed by atoms with Crippen LogP contribution in [0.3, 0.4) is 0 Å². The second-order valence-corrected chi connectivity index (χ2v) is 3.10. The summed E-state index contributed by atoms with van der Waals surface area (Å²) in [7, 11) is 1.26. The van der Waals surface area contributed by atoms with Crippen molar-refractivity contribution < 1.29 is 22.7 Å². The van der Waals surface area contributed by atoms with E-state index in [0.29, 0.717) is 0 Å². The number of ether oxygens (including phenoxy) is 1. The number of methoxy groups -OCH3 is 1. The molecule has 1 N–H and O–H groups in total. The van der Waals surface area contributed by atoms with Crippen LogP contribution < -0.4 is 10.1 Å². The number of amides is 1. The molecule has 1 aromatic rings. The van der Waals surface area contributed by atoms with Gasteiger partial charge in [0.15, 0.2) is 0 Å². The molecule has 0 bridgehead atoms.